The van der Waals surface area contributed by atoms with Gasteiger partial charge in [-0.15, -0.1) is 0 Å². The van der Waals surface area contributed by atoms with Crippen molar-refractivity contribution >= 4 is 10.8 Å². The minimum absolute atomic E-state index is 0.747. The summed E-state index contributed by atoms with van der Waals surface area (Å²) < 4.78 is 0. The Kier molecular flexibility index (Phi) is 5.30. The van der Waals surface area contributed by atoms with Crippen LogP contribution >= 0.6 is 0 Å². The molecule has 4 rings (SSSR count). The van der Waals surface area contributed by atoms with Gasteiger partial charge in [0.15, 0.2) is 0 Å². The van der Waals surface area contributed by atoms with Crippen molar-refractivity contribution in [2.24, 2.45) is 5.92 Å². The molecule has 3 aromatic rings. The lowest BCUT2D eigenvalue weighted by Gasteiger charge is -2.26. The van der Waals surface area contributed by atoms with Gasteiger partial charge in [-0.25, -0.2) is 0 Å². The summed E-state index contributed by atoms with van der Waals surface area (Å²) in [5, 5.41) is 2.56. The molecule has 0 aromatic heterocycles. The highest BCUT2D eigenvalue weighted by Crippen LogP contribution is 2.35. The van der Waals surface area contributed by atoms with Gasteiger partial charge in [-0.1, -0.05) is 74.9 Å². The highest BCUT2D eigenvalue weighted by molar-refractivity contribution is 5.84. The van der Waals surface area contributed by atoms with E-state index in [1.54, 1.807) is 0 Å². The standard InChI is InChI=1S/C27H28/c1-3-21-8-16-27-19-23(11-17-26(27)18-21)7-6-22-9-14-25(15-10-22)24-12-4-20(2)5-13-24/h8-11,14-20,24H,3-5,12-13H2,1-2H3/t20-,24-. The smallest absolute Gasteiger partial charge is 0.0255 e. The maximum absolute atomic E-state index is 3.34. The summed E-state index contributed by atoms with van der Waals surface area (Å²) in [4.78, 5) is 0. The van der Waals surface area contributed by atoms with E-state index in [-0.39, 0.29) is 0 Å². The van der Waals surface area contributed by atoms with Crippen LogP contribution in [0, 0.1) is 17.8 Å². The van der Waals surface area contributed by atoms with E-state index in [1.807, 2.05) is 0 Å². The lowest BCUT2D eigenvalue weighted by atomic mass is 9.79. The van der Waals surface area contributed by atoms with Gasteiger partial charge in [-0.3, -0.25) is 0 Å². The second kappa shape index (κ2) is 8.01. The largest absolute Gasteiger partial charge is 0.0625 e. The molecule has 0 atom stereocenters. The SMILES string of the molecule is CCc1ccc2cc(C#Cc3ccc([C@H]4CC[C@H](C)CC4)cc3)ccc2c1. The fourth-order valence-corrected chi connectivity index (χ4v) is 4.17. The van der Waals surface area contributed by atoms with E-state index in [1.165, 1.54) is 47.6 Å². The molecule has 0 N–H and O–H groups in total. The van der Waals surface area contributed by atoms with Crippen LogP contribution in [0.25, 0.3) is 10.8 Å². The van der Waals surface area contributed by atoms with Crippen LogP contribution in [0.3, 0.4) is 0 Å². The van der Waals surface area contributed by atoms with Crippen LogP contribution in [-0.2, 0) is 6.42 Å². The zero-order valence-electron chi connectivity index (χ0n) is 16.5. The molecule has 0 heterocycles. The van der Waals surface area contributed by atoms with Crippen LogP contribution < -0.4 is 0 Å². The van der Waals surface area contributed by atoms with Crippen molar-refractivity contribution in [1.29, 1.82) is 0 Å². The molecule has 1 fully saturated rings. The lowest BCUT2D eigenvalue weighted by molar-refractivity contribution is 0.348. The first kappa shape index (κ1) is 17.9. The maximum atomic E-state index is 3.34. The van der Waals surface area contributed by atoms with Crippen molar-refractivity contribution in [3.8, 4) is 11.8 Å². The van der Waals surface area contributed by atoms with Crippen LogP contribution in [0.1, 0.15) is 67.7 Å². The van der Waals surface area contributed by atoms with E-state index in [0.717, 1.165) is 29.4 Å². The Bertz CT molecular complexity index is 974. The predicted octanol–water partition coefficient (Wildman–Crippen LogP) is 7.10. The van der Waals surface area contributed by atoms with Crippen LogP contribution in [0.4, 0.5) is 0 Å². The average Bonchev–Trinajstić information content (AvgIpc) is 2.72. The molecule has 136 valence electrons. The number of hydrogen-bond donors (Lipinski definition) is 0. The van der Waals surface area contributed by atoms with Crippen LogP contribution in [0.15, 0.2) is 60.7 Å². The van der Waals surface area contributed by atoms with Crippen LogP contribution in [0.5, 0.6) is 0 Å². The first-order valence-corrected chi connectivity index (χ1v) is 10.4. The molecule has 0 radical (unpaired) electrons. The summed E-state index contributed by atoms with van der Waals surface area (Å²) in [6.07, 6.45) is 6.49. The van der Waals surface area contributed by atoms with Gasteiger partial charge in [0, 0.05) is 11.1 Å². The first-order chi connectivity index (χ1) is 13.2. The molecule has 0 unspecified atom stereocenters. The van der Waals surface area contributed by atoms with Crippen molar-refractivity contribution < 1.29 is 0 Å². The second-order valence-corrected chi connectivity index (χ2v) is 8.08. The topological polar surface area (TPSA) is 0 Å². The Morgan fingerprint density at radius 2 is 1.37 bits per heavy atom. The fourth-order valence-electron chi connectivity index (χ4n) is 4.17. The van der Waals surface area contributed by atoms with E-state index < -0.39 is 0 Å². The highest BCUT2D eigenvalue weighted by atomic mass is 14.2. The van der Waals surface area contributed by atoms with E-state index >= 15 is 0 Å². The third-order valence-electron chi connectivity index (χ3n) is 6.06. The second-order valence-electron chi connectivity index (χ2n) is 8.08. The Hall–Kier alpha value is -2.52. The van der Waals surface area contributed by atoms with Gasteiger partial charge in [0.25, 0.3) is 0 Å². The number of benzene rings is 3. The molecule has 0 heteroatoms. The van der Waals surface area contributed by atoms with Gasteiger partial charge in [0.1, 0.15) is 0 Å². The van der Waals surface area contributed by atoms with Crippen molar-refractivity contribution in [3.05, 3.63) is 82.9 Å². The number of hydrogen-bond acceptors (Lipinski definition) is 0. The molecular weight excluding hydrogens is 324 g/mol. The van der Waals surface area contributed by atoms with Gasteiger partial charge in [0.2, 0.25) is 0 Å². The molecule has 0 aliphatic heterocycles. The van der Waals surface area contributed by atoms with Crippen molar-refractivity contribution in [1.82, 2.24) is 0 Å². The van der Waals surface area contributed by atoms with Gasteiger partial charge < -0.3 is 0 Å². The van der Waals surface area contributed by atoms with Gasteiger partial charge in [0.05, 0.1) is 0 Å². The molecule has 1 aliphatic carbocycles. The van der Waals surface area contributed by atoms with Crippen molar-refractivity contribution in [2.75, 3.05) is 0 Å². The Morgan fingerprint density at radius 3 is 2.11 bits per heavy atom. The van der Waals surface area contributed by atoms with Gasteiger partial charge in [-0.2, -0.15) is 0 Å². The Balaban J connectivity index is 1.49. The summed E-state index contributed by atoms with van der Waals surface area (Å²) >= 11 is 0. The number of rotatable bonds is 2. The van der Waals surface area contributed by atoms with E-state index in [0.29, 0.717) is 0 Å². The third-order valence-corrected chi connectivity index (χ3v) is 6.06. The van der Waals surface area contributed by atoms with Crippen LogP contribution in [-0.4, -0.2) is 0 Å². The molecule has 27 heavy (non-hydrogen) atoms. The maximum Gasteiger partial charge on any atom is 0.0255 e. The zero-order valence-corrected chi connectivity index (χ0v) is 16.5. The molecule has 1 aliphatic rings. The van der Waals surface area contributed by atoms with Crippen molar-refractivity contribution in [2.45, 2.75) is 51.9 Å². The monoisotopic (exact) mass is 352 g/mol. The van der Waals surface area contributed by atoms with Gasteiger partial charge in [-0.05, 0) is 77.3 Å². The number of aryl methyl sites for hydroxylation is 1. The molecule has 0 spiro atoms. The molecule has 3 aromatic carbocycles. The molecule has 1 saturated carbocycles. The van der Waals surface area contributed by atoms with Gasteiger partial charge >= 0.3 is 0 Å². The highest BCUT2D eigenvalue weighted by Gasteiger charge is 2.19. The predicted molar refractivity (Wildman–Crippen MR) is 116 cm³/mol. The minimum Gasteiger partial charge on any atom is -0.0625 e. The minimum atomic E-state index is 0.747. The quantitative estimate of drug-likeness (QED) is 0.432. The molecule has 0 saturated heterocycles. The van der Waals surface area contributed by atoms with E-state index in [4.69, 9.17) is 0 Å². The Labute approximate surface area is 163 Å². The molecule has 0 amide bonds. The summed E-state index contributed by atoms with van der Waals surface area (Å²) in [5.74, 6) is 8.32. The molecule has 0 bridgehead atoms. The molecule has 0 nitrogen and oxygen atoms in total. The normalized spacial score (nSPS) is 19.5. The number of fused-ring (bicyclic) bond motifs is 1. The van der Waals surface area contributed by atoms with E-state index in [2.05, 4.69) is 86.4 Å². The average molecular weight is 353 g/mol. The fraction of sp³-hybridized carbons (Fsp3) is 0.333. The summed E-state index contributed by atoms with van der Waals surface area (Å²) in [5.41, 5.74) is 5.06. The lowest BCUT2D eigenvalue weighted by Crippen LogP contribution is -2.10. The third kappa shape index (κ3) is 4.25. The van der Waals surface area contributed by atoms with Crippen LogP contribution in [0.2, 0.25) is 0 Å². The Morgan fingerprint density at radius 1 is 0.741 bits per heavy atom. The van der Waals surface area contributed by atoms with Crippen molar-refractivity contribution in [3.63, 3.8) is 0 Å². The summed E-state index contributed by atoms with van der Waals surface area (Å²) in [7, 11) is 0. The first-order valence-electron chi connectivity index (χ1n) is 10.4. The van der Waals surface area contributed by atoms with E-state index in [9.17, 15) is 0 Å². The zero-order chi connectivity index (χ0) is 18.6. The summed E-state index contributed by atoms with van der Waals surface area (Å²) in [6.45, 7) is 4.57. The summed E-state index contributed by atoms with van der Waals surface area (Å²) in [6, 6.07) is 22.2. The molecular formula is C27H28.